The van der Waals surface area contributed by atoms with Crippen molar-refractivity contribution in [3.8, 4) is 0 Å². The quantitative estimate of drug-likeness (QED) is 0.410. The number of aromatic nitrogens is 2. The Kier molecular flexibility index (Phi) is 3.48. The normalized spacial score (nSPS) is 11.1. The van der Waals surface area contributed by atoms with Gasteiger partial charge in [0.15, 0.2) is 21.6 Å². The van der Waals surface area contributed by atoms with Gasteiger partial charge < -0.3 is 0 Å². The van der Waals surface area contributed by atoms with Gasteiger partial charge in [0.2, 0.25) is 0 Å². The number of nitrogens with zero attached hydrogens (tertiary/aromatic N) is 2. The first-order valence-electron chi connectivity index (χ1n) is 6.98. The van der Waals surface area contributed by atoms with Gasteiger partial charge in [0.25, 0.3) is 0 Å². The van der Waals surface area contributed by atoms with E-state index in [-0.39, 0.29) is 18.0 Å². The molecular formula is C17H10N2O2S2. The highest BCUT2D eigenvalue weighted by Crippen LogP contribution is 2.25. The van der Waals surface area contributed by atoms with Gasteiger partial charge in [-0.05, 0) is 24.3 Å². The monoisotopic (exact) mass is 338 g/mol. The molecule has 0 amide bonds. The maximum Gasteiger partial charge on any atom is 0.199 e. The van der Waals surface area contributed by atoms with Crippen molar-refractivity contribution in [3.63, 3.8) is 0 Å². The summed E-state index contributed by atoms with van der Waals surface area (Å²) in [6, 6.07) is 15.1. The Morgan fingerprint density at radius 2 is 1.17 bits per heavy atom. The second-order valence-electron chi connectivity index (χ2n) is 5.00. The first kappa shape index (κ1) is 14.2. The molecule has 4 nitrogen and oxygen atoms in total. The number of ketones is 2. The summed E-state index contributed by atoms with van der Waals surface area (Å²) >= 11 is 2.64. The summed E-state index contributed by atoms with van der Waals surface area (Å²) in [5.74, 6) is -0.508. The summed E-state index contributed by atoms with van der Waals surface area (Å²) in [6.07, 6.45) is -0.195. The molecule has 0 unspecified atom stereocenters. The van der Waals surface area contributed by atoms with Crippen molar-refractivity contribution in [2.75, 3.05) is 0 Å². The molecule has 2 aromatic heterocycles. The average Bonchev–Trinajstić information content (AvgIpc) is 3.18. The van der Waals surface area contributed by atoms with Crippen molar-refractivity contribution < 1.29 is 9.59 Å². The standard InChI is InChI=1S/C17H10N2O2S2/c20-12(16-18-10-5-1-3-7-14(10)22-16)9-13(21)17-19-11-6-2-4-8-15(11)23-17/h1-8H,9H2. The highest BCUT2D eigenvalue weighted by molar-refractivity contribution is 7.21. The number of thiazole rings is 2. The Labute approximate surface area is 139 Å². The van der Waals surface area contributed by atoms with E-state index >= 15 is 0 Å². The maximum atomic E-state index is 12.3. The Morgan fingerprint density at radius 3 is 1.61 bits per heavy atom. The van der Waals surface area contributed by atoms with Crippen LogP contribution in [0.25, 0.3) is 20.4 Å². The summed E-state index contributed by atoms with van der Waals surface area (Å²) in [5.41, 5.74) is 1.57. The second kappa shape index (κ2) is 5.64. The number of carbonyl (C=O) groups is 2. The van der Waals surface area contributed by atoms with Crippen molar-refractivity contribution in [3.05, 3.63) is 58.5 Å². The van der Waals surface area contributed by atoms with Gasteiger partial charge in [0.05, 0.1) is 26.9 Å². The smallest absolute Gasteiger partial charge is 0.199 e. The molecule has 0 aliphatic carbocycles. The molecule has 0 atom stereocenters. The van der Waals surface area contributed by atoms with Gasteiger partial charge in [0.1, 0.15) is 0 Å². The van der Waals surface area contributed by atoms with Crippen molar-refractivity contribution in [1.29, 1.82) is 0 Å². The van der Waals surface area contributed by atoms with Crippen LogP contribution in [0.5, 0.6) is 0 Å². The minimum atomic E-state index is -0.254. The van der Waals surface area contributed by atoms with Crippen LogP contribution in [0.15, 0.2) is 48.5 Å². The van der Waals surface area contributed by atoms with E-state index in [0.717, 1.165) is 20.4 Å². The summed E-state index contributed by atoms with van der Waals surface area (Å²) in [7, 11) is 0. The van der Waals surface area contributed by atoms with Crippen LogP contribution in [0, 0.1) is 0 Å². The highest BCUT2D eigenvalue weighted by Gasteiger charge is 2.20. The minimum Gasteiger partial charge on any atom is -0.291 e. The van der Waals surface area contributed by atoms with Gasteiger partial charge in [-0.25, -0.2) is 9.97 Å². The molecule has 4 rings (SSSR count). The summed E-state index contributed by atoms with van der Waals surface area (Å²) in [6.45, 7) is 0. The van der Waals surface area contributed by atoms with Gasteiger partial charge in [-0.2, -0.15) is 0 Å². The van der Waals surface area contributed by atoms with Gasteiger partial charge in [-0.1, -0.05) is 24.3 Å². The van der Waals surface area contributed by atoms with E-state index in [0.29, 0.717) is 10.0 Å². The minimum absolute atomic E-state index is 0.195. The predicted octanol–water partition coefficient (Wildman–Crippen LogP) is 4.36. The number of hydrogen-bond acceptors (Lipinski definition) is 6. The van der Waals surface area contributed by atoms with Crippen LogP contribution in [-0.2, 0) is 0 Å². The lowest BCUT2D eigenvalue weighted by Crippen LogP contribution is -2.08. The fraction of sp³-hybridized carbons (Fsp3) is 0.0588. The topological polar surface area (TPSA) is 59.9 Å². The summed E-state index contributed by atoms with van der Waals surface area (Å²) in [5, 5.41) is 0.751. The zero-order valence-electron chi connectivity index (χ0n) is 11.9. The molecule has 112 valence electrons. The van der Waals surface area contributed by atoms with E-state index in [4.69, 9.17) is 0 Å². The molecule has 0 aliphatic rings. The van der Waals surface area contributed by atoms with Crippen LogP contribution >= 0.6 is 22.7 Å². The lowest BCUT2D eigenvalue weighted by molar-refractivity contribution is 0.0894. The van der Waals surface area contributed by atoms with Crippen LogP contribution < -0.4 is 0 Å². The lowest BCUT2D eigenvalue weighted by atomic mass is 10.2. The van der Waals surface area contributed by atoms with E-state index < -0.39 is 0 Å². The van der Waals surface area contributed by atoms with Gasteiger partial charge >= 0.3 is 0 Å². The predicted molar refractivity (Wildman–Crippen MR) is 92.5 cm³/mol. The molecular weight excluding hydrogens is 328 g/mol. The summed E-state index contributed by atoms with van der Waals surface area (Å²) < 4.78 is 1.89. The molecule has 0 radical (unpaired) electrons. The Balaban J connectivity index is 1.58. The van der Waals surface area contributed by atoms with E-state index in [2.05, 4.69) is 9.97 Å². The average molecular weight is 338 g/mol. The molecule has 0 N–H and O–H groups in total. The molecule has 0 bridgehead atoms. The molecule has 2 aromatic carbocycles. The van der Waals surface area contributed by atoms with Crippen molar-refractivity contribution >= 4 is 54.7 Å². The third-order valence-corrected chi connectivity index (χ3v) is 5.54. The number of hydrogen-bond donors (Lipinski definition) is 0. The van der Waals surface area contributed by atoms with E-state index in [1.807, 2.05) is 48.5 Å². The second-order valence-corrected chi connectivity index (χ2v) is 7.06. The fourth-order valence-electron chi connectivity index (χ4n) is 2.28. The van der Waals surface area contributed by atoms with Gasteiger partial charge in [-0.3, -0.25) is 9.59 Å². The number of carbonyl (C=O) groups excluding carboxylic acids is 2. The molecule has 0 saturated carbocycles. The molecule has 6 heteroatoms. The molecule has 2 heterocycles. The Morgan fingerprint density at radius 1 is 0.739 bits per heavy atom. The SMILES string of the molecule is O=C(CC(=O)c1nc2ccccc2s1)c1nc2ccccc2s1. The lowest BCUT2D eigenvalue weighted by Gasteiger charge is -1.93. The zero-order chi connectivity index (χ0) is 15.8. The maximum absolute atomic E-state index is 12.3. The van der Waals surface area contributed by atoms with Crippen LogP contribution in [0.3, 0.4) is 0 Å². The fourth-order valence-corrected chi connectivity index (χ4v) is 4.09. The number of Topliss-reactive ketones (excluding diaryl/α,β-unsaturated/α-hetero) is 2. The summed E-state index contributed by atoms with van der Waals surface area (Å²) in [4.78, 5) is 33.2. The van der Waals surface area contributed by atoms with Crippen LogP contribution in [0.2, 0.25) is 0 Å². The Bertz CT molecular complexity index is 899. The third kappa shape index (κ3) is 2.67. The van der Waals surface area contributed by atoms with E-state index in [1.165, 1.54) is 22.7 Å². The van der Waals surface area contributed by atoms with Crippen LogP contribution in [0.1, 0.15) is 26.0 Å². The number of benzene rings is 2. The number of rotatable bonds is 4. The highest BCUT2D eigenvalue weighted by atomic mass is 32.1. The largest absolute Gasteiger partial charge is 0.291 e. The molecule has 0 spiro atoms. The van der Waals surface area contributed by atoms with E-state index in [1.54, 1.807) is 0 Å². The molecule has 0 aliphatic heterocycles. The zero-order valence-corrected chi connectivity index (χ0v) is 13.5. The number of fused-ring (bicyclic) bond motifs is 2. The third-order valence-electron chi connectivity index (χ3n) is 3.39. The first-order chi connectivity index (χ1) is 11.2. The number of para-hydroxylation sites is 2. The van der Waals surface area contributed by atoms with Crippen molar-refractivity contribution in [2.24, 2.45) is 0 Å². The van der Waals surface area contributed by atoms with Gasteiger partial charge in [-0.15, -0.1) is 22.7 Å². The van der Waals surface area contributed by atoms with Crippen molar-refractivity contribution in [2.45, 2.75) is 6.42 Å². The van der Waals surface area contributed by atoms with Crippen molar-refractivity contribution in [1.82, 2.24) is 9.97 Å². The van der Waals surface area contributed by atoms with E-state index in [9.17, 15) is 9.59 Å². The van der Waals surface area contributed by atoms with Crippen LogP contribution in [0.4, 0.5) is 0 Å². The van der Waals surface area contributed by atoms with Gasteiger partial charge in [0, 0.05) is 0 Å². The Hall–Kier alpha value is -2.44. The molecule has 0 saturated heterocycles. The molecule has 0 fully saturated rings. The molecule has 23 heavy (non-hydrogen) atoms. The molecule has 4 aromatic rings. The first-order valence-corrected chi connectivity index (χ1v) is 8.61. The van der Waals surface area contributed by atoms with Crippen LogP contribution in [-0.4, -0.2) is 21.5 Å².